The van der Waals surface area contributed by atoms with Gasteiger partial charge in [0, 0.05) is 27.8 Å². The van der Waals surface area contributed by atoms with E-state index in [1.807, 2.05) is 12.1 Å². The van der Waals surface area contributed by atoms with Gasteiger partial charge in [-0.3, -0.25) is 4.57 Å². The largest absolute Gasteiger partial charge is 0.456 e. The Labute approximate surface area is 346 Å². The molecular weight excluding hydrogens is 731 g/mol. The number of nitrogens with zero attached hydrogens (tertiary/aromatic N) is 3. The Kier molecular flexibility index (Phi) is 6.90. The third-order valence-electron chi connectivity index (χ3n) is 12.8. The smallest absolute Gasteiger partial charge is 0.136 e. The number of rotatable bonds is 5. The van der Waals surface area contributed by atoms with Crippen LogP contribution in [0, 0.1) is 0 Å². The molecule has 0 atom stereocenters. The first-order chi connectivity index (χ1) is 29.8. The molecule has 280 valence electrons. The van der Waals surface area contributed by atoms with Crippen LogP contribution in [0.4, 0.5) is 17.1 Å². The van der Waals surface area contributed by atoms with Gasteiger partial charge in [-0.05, 0) is 111 Å². The Hall–Kier alpha value is -7.95. The van der Waals surface area contributed by atoms with Gasteiger partial charge in [0.25, 0.3) is 0 Å². The monoisotopic (exact) mass is 765 g/mol. The molecule has 0 fully saturated rings. The zero-order valence-corrected chi connectivity index (χ0v) is 32.5. The Morgan fingerprint density at radius 1 is 0.433 bits per heavy atom. The van der Waals surface area contributed by atoms with E-state index < -0.39 is 5.41 Å². The molecule has 3 heterocycles. The maximum atomic E-state index is 6.26. The number of furan rings is 1. The zero-order valence-electron chi connectivity index (χ0n) is 32.5. The lowest BCUT2D eigenvalue weighted by Gasteiger charge is -2.27. The molecule has 0 unspecified atom stereocenters. The van der Waals surface area contributed by atoms with Gasteiger partial charge in [-0.25, -0.2) is 4.98 Å². The highest BCUT2D eigenvalue weighted by Gasteiger charge is 2.54. The van der Waals surface area contributed by atoms with E-state index in [0.29, 0.717) is 0 Å². The number of hydrogen-bond donors (Lipinski definition) is 0. The van der Waals surface area contributed by atoms with Crippen molar-refractivity contribution in [3.63, 3.8) is 0 Å². The first-order valence-electron chi connectivity index (χ1n) is 20.5. The summed E-state index contributed by atoms with van der Waals surface area (Å²) >= 11 is 0. The molecule has 0 saturated heterocycles. The van der Waals surface area contributed by atoms with Crippen molar-refractivity contribution < 1.29 is 4.42 Å². The van der Waals surface area contributed by atoms with Gasteiger partial charge in [0.15, 0.2) is 0 Å². The van der Waals surface area contributed by atoms with Crippen molar-refractivity contribution in [2.75, 3.05) is 4.90 Å². The molecule has 4 heteroatoms. The SMILES string of the molecule is c1ccc(-c2ccc(N(c3ccc(-c4cccc5oc6ccccc6c45)cc3)c3ccc4c(c3)nc3n4-c4ccccc4C34c3ccccc3-c3ccccc34)cc2)cc1. The average molecular weight is 766 g/mol. The summed E-state index contributed by atoms with van der Waals surface area (Å²) in [6.07, 6.45) is 0. The summed E-state index contributed by atoms with van der Waals surface area (Å²) < 4.78 is 8.66. The van der Waals surface area contributed by atoms with Crippen molar-refractivity contribution in [3.05, 3.63) is 235 Å². The minimum absolute atomic E-state index is 0.519. The van der Waals surface area contributed by atoms with Gasteiger partial charge in [0.1, 0.15) is 22.4 Å². The van der Waals surface area contributed by atoms with Gasteiger partial charge in [0.2, 0.25) is 0 Å². The molecule has 0 radical (unpaired) electrons. The van der Waals surface area contributed by atoms with Gasteiger partial charge in [0.05, 0.1) is 16.7 Å². The second-order valence-corrected chi connectivity index (χ2v) is 15.9. The quantitative estimate of drug-likeness (QED) is 0.175. The van der Waals surface area contributed by atoms with E-state index in [9.17, 15) is 0 Å². The molecule has 11 aromatic rings. The standard InChI is InChI=1S/C56H35N3O/c1-2-13-36(14-3-1)37-25-29-39(30-26-37)58(40-31-27-38(28-32-40)42-18-12-24-53-54(42)45-17-6-11-23-52(45)60-53)41-33-34-51-49(35-41)57-55-56(48-21-9-10-22-50(48)59(51)55)46-19-7-4-15-43(46)44-16-5-8-20-47(44)56/h1-35H. The Morgan fingerprint density at radius 2 is 1.00 bits per heavy atom. The summed E-state index contributed by atoms with van der Waals surface area (Å²) in [5, 5.41) is 2.26. The van der Waals surface area contributed by atoms with E-state index >= 15 is 0 Å². The Morgan fingerprint density at radius 3 is 1.75 bits per heavy atom. The fourth-order valence-corrected chi connectivity index (χ4v) is 10.3. The van der Waals surface area contributed by atoms with E-state index in [1.165, 1.54) is 44.6 Å². The second kappa shape index (κ2) is 12.5. The van der Waals surface area contributed by atoms with Crippen LogP contribution in [0.1, 0.15) is 22.5 Å². The molecule has 2 aliphatic rings. The Balaban J connectivity index is 0.985. The summed E-state index contributed by atoms with van der Waals surface area (Å²) in [7, 11) is 0. The number of benzene rings is 9. The molecule has 4 nitrogen and oxygen atoms in total. The summed E-state index contributed by atoms with van der Waals surface area (Å²) in [6.45, 7) is 0. The topological polar surface area (TPSA) is 34.2 Å². The predicted octanol–water partition coefficient (Wildman–Crippen LogP) is 14.4. The van der Waals surface area contributed by atoms with Crippen molar-refractivity contribution in [2.24, 2.45) is 0 Å². The van der Waals surface area contributed by atoms with Crippen LogP contribution in [0.25, 0.3) is 72.0 Å². The van der Waals surface area contributed by atoms with Crippen LogP contribution in [-0.4, -0.2) is 9.55 Å². The maximum absolute atomic E-state index is 6.26. The molecule has 13 rings (SSSR count). The molecule has 0 N–H and O–H groups in total. The van der Waals surface area contributed by atoms with Gasteiger partial charge < -0.3 is 9.32 Å². The van der Waals surface area contributed by atoms with Gasteiger partial charge in [-0.1, -0.05) is 152 Å². The number of fused-ring (bicyclic) bond motifs is 15. The highest BCUT2D eigenvalue weighted by atomic mass is 16.3. The number of para-hydroxylation sites is 2. The van der Waals surface area contributed by atoms with Crippen LogP contribution in [-0.2, 0) is 5.41 Å². The van der Waals surface area contributed by atoms with E-state index in [2.05, 4.69) is 210 Å². The number of aromatic nitrogens is 2. The zero-order chi connectivity index (χ0) is 39.4. The fraction of sp³-hybridized carbons (Fsp3) is 0.0179. The van der Waals surface area contributed by atoms with Crippen LogP contribution < -0.4 is 4.90 Å². The van der Waals surface area contributed by atoms with Crippen LogP contribution in [0.3, 0.4) is 0 Å². The van der Waals surface area contributed by atoms with E-state index in [-0.39, 0.29) is 0 Å². The molecule has 1 spiro atoms. The highest BCUT2D eigenvalue weighted by Crippen LogP contribution is 2.60. The first kappa shape index (κ1) is 33.1. The van der Waals surface area contributed by atoms with Crippen molar-refractivity contribution in [2.45, 2.75) is 5.41 Å². The fourth-order valence-electron chi connectivity index (χ4n) is 10.3. The first-order valence-corrected chi connectivity index (χ1v) is 20.5. The normalized spacial score (nSPS) is 13.1. The molecule has 0 bridgehead atoms. The van der Waals surface area contributed by atoms with Gasteiger partial charge in [-0.2, -0.15) is 0 Å². The lowest BCUT2D eigenvalue weighted by atomic mass is 9.73. The minimum atomic E-state index is -0.519. The van der Waals surface area contributed by atoms with Crippen LogP contribution >= 0.6 is 0 Å². The van der Waals surface area contributed by atoms with Crippen molar-refractivity contribution in [1.82, 2.24) is 9.55 Å². The third-order valence-corrected chi connectivity index (χ3v) is 12.8. The predicted molar refractivity (Wildman–Crippen MR) is 245 cm³/mol. The molecule has 9 aromatic carbocycles. The van der Waals surface area contributed by atoms with Crippen molar-refractivity contribution >= 4 is 50.0 Å². The summed E-state index contributed by atoms with van der Waals surface area (Å²) in [5.41, 5.74) is 18.7. The molecule has 0 saturated carbocycles. The number of hydrogen-bond acceptors (Lipinski definition) is 3. The molecule has 0 amide bonds. The molecule has 2 aromatic heterocycles. The lowest BCUT2D eigenvalue weighted by molar-refractivity contribution is 0.669. The number of imidazole rings is 1. The van der Waals surface area contributed by atoms with Gasteiger partial charge >= 0.3 is 0 Å². The van der Waals surface area contributed by atoms with Crippen LogP contribution in [0.15, 0.2) is 217 Å². The second-order valence-electron chi connectivity index (χ2n) is 15.9. The van der Waals surface area contributed by atoms with E-state index in [0.717, 1.165) is 67.0 Å². The minimum Gasteiger partial charge on any atom is -0.456 e. The van der Waals surface area contributed by atoms with Crippen molar-refractivity contribution in [3.8, 4) is 39.1 Å². The third kappa shape index (κ3) is 4.53. The summed E-state index contributed by atoms with van der Waals surface area (Å²) in [6, 6.07) is 76.4. The molecule has 1 aliphatic carbocycles. The average Bonchev–Trinajstić information content (AvgIpc) is 4.05. The summed E-state index contributed by atoms with van der Waals surface area (Å²) in [4.78, 5) is 8.00. The van der Waals surface area contributed by atoms with Crippen LogP contribution in [0.5, 0.6) is 0 Å². The van der Waals surface area contributed by atoms with E-state index in [4.69, 9.17) is 9.40 Å². The summed E-state index contributed by atoms with van der Waals surface area (Å²) in [5.74, 6) is 1.04. The van der Waals surface area contributed by atoms with E-state index in [1.54, 1.807) is 0 Å². The van der Waals surface area contributed by atoms with Gasteiger partial charge in [-0.15, -0.1) is 0 Å². The lowest BCUT2D eigenvalue weighted by Crippen LogP contribution is -2.27. The molecule has 1 aliphatic heterocycles. The molecule has 60 heavy (non-hydrogen) atoms. The molecular formula is C56H35N3O. The van der Waals surface area contributed by atoms with Crippen molar-refractivity contribution in [1.29, 1.82) is 0 Å². The van der Waals surface area contributed by atoms with Crippen LogP contribution in [0.2, 0.25) is 0 Å². The highest BCUT2D eigenvalue weighted by molar-refractivity contribution is 6.12. The number of anilines is 3. The Bertz CT molecular complexity index is 3440. The maximum Gasteiger partial charge on any atom is 0.136 e.